The van der Waals surface area contributed by atoms with Crippen LogP contribution < -0.4 is 11.1 Å². The van der Waals surface area contributed by atoms with Crippen molar-refractivity contribution in [1.82, 2.24) is 10.2 Å². The topological polar surface area (TPSA) is 53.6 Å². The summed E-state index contributed by atoms with van der Waals surface area (Å²) in [6, 6.07) is 0.603. The lowest BCUT2D eigenvalue weighted by Gasteiger charge is -2.20. The van der Waals surface area contributed by atoms with E-state index in [-0.39, 0.29) is 0 Å². The maximum absolute atomic E-state index is 5.79. The molecule has 5 heteroatoms. The molecule has 1 aliphatic heterocycles. The van der Waals surface area contributed by atoms with E-state index < -0.39 is 0 Å². The summed E-state index contributed by atoms with van der Waals surface area (Å²) in [5.41, 5.74) is 5.79. The minimum Gasteiger partial charge on any atom is -0.370 e. The highest BCUT2D eigenvalue weighted by molar-refractivity contribution is 7.98. The maximum Gasteiger partial charge on any atom is 0.188 e. The number of guanidine groups is 1. The van der Waals surface area contributed by atoms with E-state index in [0.29, 0.717) is 12.0 Å². The van der Waals surface area contributed by atoms with Crippen LogP contribution in [0.4, 0.5) is 0 Å². The van der Waals surface area contributed by atoms with E-state index in [1.54, 1.807) is 0 Å². The SMILES string of the molecule is CCN1CCCC1CN=C(N)NCCSC. The summed E-state index contributed by atoms with van der Waals surface area (Å²) in [6.45, 7) is 6.29. The van der Waals surface area contributed by atoms with Gasteiger partial charge in [0.25, 0.3) is 0 Å². The van der Waals surface area contributed by atoms with Crippen LogP contribution in [0.3, 0.4) is 0 Å². The molecule has 0 aromatic rings. The van der Waals surface area contributed by atoms with Crippen LogP contribution in [0.2, 0.25) is 0 Å². The Kier molecular flexibility index (Phi) is 6.64. The molecule has 0 amide bonds. The Morgan fingerprint density at radius 3 is 3.12 bits per heavy atom. The molecule has 4 nitrogen and oxygen atoms in total. The Morgan fingerprint density at radius 2 is 2.44 bits per heavy atom. The van der Waals surface area contributed by atoms with Gasteiger partial charge in [0.05, 0.1) is 6.54 Å². The average molecular weight is 244 g/mol. The van der Waals surface area contributed by atoms with Crippen LogP contribution in [-0.4, -0.2) is 55.1 Å². The maximum atomic E-state index is 5.79. The summed E-state index contributed by atoms with van der Waals surface area (Å²) < 4.78 is 0. The van der Waals surface area contributed by atoms with E-state index in [1.165, 1.54) is 19.4 Å². The third kappa shape index (κ3) is 4.61. The molecule has 0 radical (unpaired) electrons. The summed E-state index contributed by atoms with van der Waals surface area (Å²) in [7, 11) is 0. The molecule has 1 saturated heterocycles. The number of nitrogens with one attached hydrogen (secondary N) is 1. The second-order valence-electron chi connectivity index (χ2n) is 4.07. The van der Waals surface area contributed by atoms with Gasteiger partial charge in [0, 0.05) is 18.3 Å². The van der Waals surface area contributed by atoms with Gasteiger partial charge in [-0.25, -0.2) is 0 Å². The molecular formula is C11H24N4S. The lowest BCUT2D eigenvalue weighted by atomic mass is 10.2. The molecule has 1 rings (SSSR count). The van der Waals surface area contributed by atoms with Crippen molar-refractivity contribution in [2.75, 3.05) is 38.2 Å². The second kappa shape index (κ2) is 7.79. The first-order chi connectivity index (χ1) is 7.77. The predicted molar refractivity (Wildman–Crippen MR) is 73.1 cm³/mol. The van der Waals surface area contributed by atoms with E-state index in [2.05, 4.69) is 28.4 Å². The number of rotatable bonds is 6. The fraction of sp³-hybridized carbons (Fsp3) is 0.909. The van der Waals surface area contributed by atoms with E-state index in [0.717, 1.165) is 25.4 Å². The zero-order chi connectivity index (χ0) is 11.8. The van der Waals surface area contributed by atoms with Crippen molar-refractivity contribution >= 4 is 17.7 Å². The molecule has 94 valence electrons. The van der Waals surface area contributed by atoms with Gasteiger partial charge in [-0.05, 0) is 32.2 Å². The van der Waals surface area contributed by atoms with Gasteiger partial charge in [0.15, 0.2) is 5.96 Å². The largest absolute Gasteiger partial charge is 0.370 e. The highest BCUT2D eigenvalue weighted by Gasteiger charge is 2.22. The molecule has 0 spiro atoms. The summed E-state index contributed by atoms with van der Waals surface area (Å²) in [5.74, 6) is 1.66. The van der Waals surface area contributed by atoms with E-state index in [9.17, 15) is 0 Å². The van der Waals surface area contributed by atoms with Crippen molar-refractivity contribution in [2.45, 2.75) is 25.8 Å². The molecule has 16 heavy (non-hydrogen) atoms. The zero-order valence-corrected chi connectivity index (χ0v) is 11.2. The third-order valence-electron chi connectivity index (χ3n) is 2.99. The van der Waals surface area contributed by atoms with E-state index in [1.807, 2.05) is 11.8 Å². The van der Waals surface area contributed by atoms with Crippen LogP contribution in [-0.2, 0) is 0 Å². The highest BCUT2D eigenvalue weighted by atomic mass is 32.2. The molecule has 0 saturated carbocycles. The first-order valence-corrected chi connectivity index (χ1v) is 7.44. The minimum atomic E-state index is 0.594. The van der Waals surface area contributed by atoms with Gasteiger partial charge in [-0.2, -0.15) is 11.8 Å². The fourth-order valence-corrected chi connectivity index (χ4v) is 2.37. The fourth-order valence-electron chi connectivity index (χ4n) is 2.06. The van der Waals surface area contributed by atoms with Crippen molar-refractivity contribution in [3.8, 4) is 0 Å². The Balaban J connectivity index is 2.23. The second-order valence-corrected chi connectivity index (χ2v) is 5.06. The Morgan fingerprint density at radius 1 is 1.62 bits per heavy atom. The normalized spacial score (nSPS) is 22.6. The molecule has 1 heterocycles. The van der Waals surface area contributed by atoms with Gasteiger partial charge in [0.1, 0.15) is 0 Å². The van der Waals surface area contributed by atoms with E-state index in [4.69, 9.17) is 5.73 Å². The van der Waals surface area contributed by atoms with Crippen molar-refractivity contribution in [2.24, 2.45) is 10.7 Å². The third-order valence-corrected chi connectivity index (χ3v) is 3.60. The average Bonchev–Trinajstić information content (AvgIpc) is 2.74. The number of likely N-dealkylation sites (N-methyl/N-ethyl adjacent to an activating group) is 1. The van der Waals surface area contributed by atoms with E-state index >= 15 is 0 Å². The van der Waals surface area contributed by atoms with Gasteiger partial charge in [-0.3, -0.25) is 9.89 Å². The first-order valence-electron chi connectivity index (χ1n) is 6.04. The molecule has 0 bridgehead atoms. The van der Waals surface area contributed by atoms with Gasteiger partial charge in [0.2, 0.25) is 0 Å². The van der Waals surface area contributed by atoms with Gasteiger partial charge in [-0.1, -0.05) is 6.92 Å². The number of nitrogens with two attached hydrogens (primary N) is 1. The molecule has 0 aliphatic carbocycles. The Bertz CT molecular complexity index is 220. The summed E-state index contributed by atoms with van der Waals surface area (Å²) in [6.07, 6.45) is 4.65. The minimum absolute atomic E-state index is 0.594. The van der Waals surface area contributed by atoms with Crippen molar-refractivity contribution in [1.29, 1.82) is 0 Å². The molecule has 1 aliphatic rings. The molecule has 3 N–H and O–H groups in total. The number of thioether (sulfide) groups is 1. The number of nitrogens with zero attached hydrogens (tertiary/aromatic N) is 2. The van der Waals surface area contributed by atoms with Crippen molar-refractivity contribution in [3.05, 3.63) is 0 Å². The van der Waals surface area contributed by atoms with Crippen LogP contribution in [0.5, 0.6) is 0 Å². The molecule has 1 atom stereocenters. The standard InChI is InChI=1S/C11H24N4S/c1-3-15-7-4-5-10(15)9-14-11(12)13-6-8-16-2/h10H,3-9H2,1-2H3,(H3,12,13,14). The Hall–Kier alpha value is -0.420. The summed E-state index contributed by atoms with van der Waals surface area (Å²) >= 11 is 1.81. The smallest absolute Gasteiger partial charge is 0.188 e. The van der Waals surface area contributed by atoms with Gasteiger partial charge >= 0.3 is 0 Å². The molecule has 0 aromatic carbocycles. The number of hydrogen-bond acceptors (Lipinski definition) is 3. The Labute approximate surface area is 103 Å². The summed E-state index contributed by atoms with van der Waals surface area (Å²) in [5, 5.41) is 3.13. The number of likely N-dealkylation sites (tertiary alicyclic amines) is 1. The monoisotopic (exact) mass is 244 g/mol. The number of hydrogen-bond donors (Lipinski definition) is 2. The lowest BCUT2D eigenvalue weighted by molar-refractivity contribution is 0.273. The molecule has 0 aromatic heterocycles. The molecule has 1 fully saturated rings. The first kappa shape index (κ1) is 13.6. The molecule has 1 unspecified atom stereocenters. The summed E-state index contributed by atoms with van der Waals surface area (Å²) in [4.78, 5) is 6.89. The lowest BCUT2D eigenvalue weighted by Crippen LogP contribution is -2.36. The van der Waals surface area contributed by atoms with Crippen LogP contribution in [0.25, 0.3) is 0 Å². The highest BCUT2D eigenvalue weighted by Crippen LogP contribution is 2.16. The van der Waals surface area contributed by atoms with Crippen molar-refractivity contribution < 1.29 is 0 Å². The van der Waals surface area contributed by atoms with Crippen LogP contribution in [0.15, 0.2) is 4.99 Å². The quantitative estimate of drug-likeness (QED) is 0.411. The zero-order valence-electron chi connectivity index (χ0n) is 10.4. The van der Waals surface area contributed by atoms with Crippen LogP contribution >= 0.6 is 11.8 Å². The number of aliphatic imine (C=N–C) groups is 1. The van der Waals surface area contributed by atoms with Gasteiger partial charge in [-0.15, -0.1) is 0 Å². The van der Waals surface area contributed by atoms with Crippen molar-refractivity contribution in [3.63, 3.8) is 0 Å². The predicted octanol–water partition coefficient (Wildman–Crippen LogP) is 0.738. The van der Waals surface area contributed by atoms with Crippen LogP contribution in [0, 0.1) is 0 Å². The van der Waals surface area contributed by atoms with Gasteiger partial charge < -0.3 is 11.1 Å². The van der Waals surface area contributed by atoms with Crippen LogP contribution in [0.1, 0.15) is 19.8 Å². The molecular weight excluding hydrogens is 220 g/mol.